The van der Waals surface area contributed by atoms with Crippen molar-refractivity contribution in [2.45, 2.75) is 44.6 Å². The topological polar surface area (TPSA) is 78.5 Å². The predicted octanol–water partition coefficient (Wildman–Crippen LogP) is 0.221. The van der Waals surface area contributed by atoms with Gasteiger partial charge in [-0.05, 0) is 12.8 Å². The molecule has 1 rings (SSSR count). The normalized spacial score (nSPS) is 17.9. The molecule has 1 aliphatic carbocycles. The predicted molar refractivity (Wildman–Crippen MR) is 70.2 cm³/mol. The Bertz CT molecular complexity index is 362. The standard InChI is InChI=1S/C11H23N3O3S/c1-14(2)18(16,17)12-9-8-11(15)13-10-6-4-3-5-7-10/h10,12H,3-9H2,1-2H3,(H,13,15). The maximum Gasteiger partial charge on any atom is 0.278 e. The van der Waals surface area contributed by atoms with Crippen LogP contribution in [0.4, 0.5) is 0 Å². The Kier molecular flexibility index (Phi) is 6.04. The molecule has 106 valence electrons. The monoisotopic (exact) mass is 277 g/mol. The van der Waals surface area contributed by atoms with E-state index in [4.69, 9.17) is 0 Å². The molecule has 0 atom stereocenters. The van der Waals surface area contributed by atoms with Gasteiger partial charge in [0.1, 0.15) is 0 Å². The summed E-state index contributed by atoms with van der Waals surface area (Å²) in [5, 5.41) is 2.95. The molecule has 1 fully saturated rings. The van der Waals surface area contributed by atoms with Crippen LogP contribution in [0, 0.1) is 0 Å². The van der Waals surface area contributed by atoms with Crippen LogP contribution in [-0.2, 0) is 15.0 Å². The molecule has 0 aromatic heterocycles. The van der Waals surface area contributed by atoms with Crippen molar-refractivity contribution in [2.24, 2.45) is 0 Å². The Hall–Kier alpha value is -0.660. The van der Waals surface area contributed by atoms with Crippen LogP contribution in [0.5, 0.6) is 0 Å². The molecule has 1 amide bonds. The molecule has 0 spiro atoms. The van der Waals surface area contributed by atoms with Crippen LogP contribution in [0.3, 0.4) is 0 Å². The highest BCUT2D eigenvalue weighted by Crippen LogP contribution is 2.17. The molecule has 1 saturated carbocycles. The molecule has 0 unspecified atom stereocenters. The summed E-state index contributed by atoms with van der Waals surface area (Å²) >= 11 is 0. The van der Waals surface area contributed by atoms with Gasteiger partial charge >= 0.3 is 0 Å². The Morgan fingerprint density at radius 2 is 1.83 bits per heavy atom. The third-order valence-corrected chi connectivity index (χ3v) is 4.62. The maximum atomic E-state index is 11.6. The number of nitrogens with zero attached hydrogens (tertiary/aromatic N) is 1. The van der Waals surface area contributed by atoms with Crippen molar-refractivity contribution in [3.05, 3.63) is 0 Å². The summed E-state index contributed by atoms with van der Waals surface area (Å²) < 4.78 is 26.2. The number of carbonyl (C=O) groups excluding carboxylic acids is 1. The van der Waals surface area contributed by atoms with Crippen molar-refractivity contribution in [1.82, 2.24) is 14.3 Å². The smallest absolute Gasteiger partial charge is 0.278 e. The van der Waals surface area contributed by atoms with Crippen LogP contribution in [0.2, 0.25) is 0 Å². The SMILES string of the molecule is CN(C)S(=O)(=O)NCCC(=O)NC1CCCCC1. The summed E-state index contributed by atoms with van der Waals surface area (Å²) in [6, 6.07) is 0.275. The molecular weight excluding hydrogens is 254 g/mol. The average molecular weight is 277 g/mol. The summed E-state index contributed by atoms with van der Waals surface area (Å²) in [5.41, 5.74) is 0. The molecule has 0 bridgehead atoms. The second kappa shape index (κ2) is 7.06. The minimum absolute atomic E-state index is 0.0802. The van der Waals surface area contributed by atoms with E-state index in [0.29, 0.717) is 0 Å². The van der Waals surface area contributed by atoms with Crippen LogP contribution >= 0.6 is 0 Å². The second-order valence-electron chi connectivity index (χ2n) is 4.83. The highest BCUT2D eigenvalue weighted by molar-refractivity contribution is 7.87. The molecule has 0 heterocycles. The van der Waals surface area contributed by atoms with Gasteiger partial charge in [-0.1, -0.05) is 19.3 Å². The van der Waals surface area contributed by atoms with Crippen LogP contribution < -0.4 is 10.0 Å². The lowest BCUT2D eigenvalue weighted by Crippen LogP contribution is -2.40. The Balaban J connectivity index is 2.21. The van der Waals surface area contributed by atoms with Gasteiger partial charge in [0.15, 0.2) is 0 Å². The second-order valence-corrected chi connectivity index (χ2v) is 6.80. The molecule has 0 aliphatic heterocycles. The minimum Gasteiger partial charge on any atom is -0.353 e. The molecule has 0 aromatic carbocycles. The van der Waals surface area contributed by atoms with Crippen LogP contribution in [0.1, 0.15) is 38.5 Å². The first-order chi connectivity index (χ1) is 8.42. The van der Waals surface area contributed by atoms with E-state index in [-0.39, 0.29) is 24.9 Å². The van der Waals surface area contributed by atoms with Crippen molar-refractivity contribution >= 4 is 16.1 Å². The molecule has 0 radical (unpaired) electrons. The van der Waals surface area contributed by atoms with Crippen molar-refractivity contribution < 1.29 is 13.2 Å². The van der Waals surface area contributed by atoms with Crippen molar-refractivity contribution in [2.75, 3.05) is 20.6 Å². The Morgan fingerprint density at radius 1 is 1.22 bits per heavy atom. The lowest BCUT2D eigenvalue weighted by molar-refractivity contribution is -0.121. The maximum absolute atomic E-state index is 11.6. The van der Waals surface area contributed by atoms with E-state index in [0.717, 1.165) is 30.0 Å². The zero-order chi connectivity index (χ0) is 13.6. The molecule has 0 saturated heterocycles. The van der Waals surface area contributed by atoms with Gasteiger partial charge in [0.25, 0.3) is 10.2 Å². The van der Waals surface area contributed by atoms with E-state index in [1.54, 1.807) is 0 Å². The van der Waals surface area contributed by atoms with Gasteiger partial charge in [0.2, 0.25) is 5.91 Å². The fourth-order valence-electron chi connectivity index (χ4n) is 1.97. The number of hydrogen-bond acceptors (Lipinski definition) is 3. The summed E-state index contributed by atoms with van der Waals surface area (Å²) in [5.74, 6) is -0.0802. The molecule has 18 heavy (non-hydrogen) atoms. The van der Waals surface area contributed by atoms with Gasteiger partial charge in [-0.2, -0.15) is 12.7 Å². The summed E-state index contributed by atoms with van der Waals surface area (Å²) in [6.45, 7) is 0.138. The molecule has 2 N–H and O–H groups in total. The van der Waals surface area contributed by atoms with Gasteiger partial charge in [-0.15, -0.1) is 0 Å². The largest absolute Gasteiger partial charge is 0.353 e. The fraction of sp³-hybridized carbons (Fsp3) is 0.909. The van der Waals surface area contributed by atoms with Crippen molar-refractivity contribution in [1.29, 1.82) is 0 Å². The lowest BCUT2D eigenvalue weighted by Gasteiger charge is -2.22. The highest BCUT2D eigenvalue weighted by atomic mass is 32.2. The Morgan fingerprint density at radius 3 is 2.39 bits per heavy atom. The first kappa shape index (κ1) is 15.4. The lowest BCUT2D eigenvalue weighted by atomic mass is 9.95. The average Bonchev–Trinajstić information content (AvgIpc) is 2.29. The third-order valence-electron chi connectivity index (χ3n) is 3.09. The number of amides is 1. The van der Waals surface area contributed by atoms with E-state index in [1.165, 1.54) is 20.5 Å². The first-order valence-corrected chi connectivity index (χ1v) is 7.82. The zero-order valence-electron chi connectivity index (χ0n) is 11.1. The quantitative estimate of drug-likeness (QED) is 0.729. The van der Waals surface area contributed by atoms with E-state index in [1.807, 2.05) is 0 Å². The van der Waals surface area contributed by atoms with Gasteiger partial charge in [-0.3, -0.25) is 4.79 Å². The number of hydrogen-bond donors (Lipinski definition) is 2. The van der Waals surface area contributed by atoms with Gasteiger partial charge in [0, 0.05) is 33.1 Å². The minimum atomic E-state index is -3.42. The number of carbonyl (C=O) groups is 1. The third kappa shape index (κ3) is 5.32. The summed E-state index contributed by atoms with van der Waals surface area (Å²) in [6.07, 6.45) is 5.83. The Labute approximate surface area is 109 Å². The number of nitrogens with one attached hydrogen (secondary N) is 2. The van der Waals surface area contributed by atoms with Crippen LogP contribution in [-0.4, -0.2) is 45.3 Å². The first-order valence-electron chi connectivity index (χ1n) is 6.38. The van der Waals surface area contributed by atoms with Gasteiger partial charge < -0.3 is 5.32 Å². The van der Waals surface area contributed by atoms with E-state index >= 15 is 0 Å². The number of rotatable bonds is 6. The zero-order valence-corrected chi connectivity index (χ0v) is 11.9. The molecule has 6 nitrogen and oxygen atoms in total. The summed E-state index contributed by atoms with van der Waals surface area (Å²) in [7, 11) is -0.526. The van der Waals surface area contributed by atoms with Crippen LogP contribution in [0.25, 0.3) is 0 Å². The van der Waals surface area contributed by atoms with Gasteiger partial charge in [0.05, 0.1) is 0 Å². The van der Waals surface area contributed by atoms with Crippen molar-refractivity contribution in [3.63, 3.8) is 0 Å². The molecular formula is C11H23N3O3S. The summed E-state index contributed by atoms with van der Waals surface area (Å²) in [4.78, 5) is 11.6. The van der Waals surface area contributed by atoms with E-state index < -0.39 is 10.2 Å². The molecule has 7 heteroatoms. The fourth-order valence-corrected chi connectivity index (χ4v) is 2.59. The van der Waals surface area contributed by atoms with E-state index in [9.17, 15) is 13.2 Å². The van der Waals surface area contributed by atoms with Gasteiger partial charge in [-0.25, -0.2) is 4.72 Å². The van der Waals surface area contributed by atoms with Crippen LogP contribution in [0.15, 0.2) is 0 Å². The molecule has 1 aliphatic rings. The highest BCUT2D eigenvalue weighted by Gasteiger charge is 2.16. The van der Waals surface area contributed by atoms with E-state index in [2.05, 4.69) is 10.0 Å². The van der Waals surface area contributed by atoms with Crippen molar-refractivity contribution in [3.8, 4) is 0 Å². The molecule has 0 aromatic rings.